The molecule has 2 N–H and O–H groups in total. The Morgan fingerprint density at radius 3 is 2.35 bits per heavy atom. The highest BCUT2D eigenvalue weighted by molar-refractivity contribution is 5.78. The molecule has 1 atom stereocenters. The Bertz CT molecular complexity index is 436. The van der Waals surface area contributed by atoms with Gasteiger partial charge in [0.2, 0.25) is 0 Å². The molecule has 0 heterocycles. The van der Waals surface area contributed by atoms with Crippen LogP contribution in [0.3, 0.4) is 0 Å². The molecule has 0 spiro atoms. The Hall–Kier alpha value is -1.75. The van der Waals surface area contributed by atoms with E-state index >= 15 is 0 Å². The highest BCUT2D eigenvalue weighted by atomic mass is 16.5. The molecule has 0 bridgehead atoms. The first-order valence-corrected chi connectivity index (χ1v) is 6.86. The van der Waals surface area contributed by atoms with Gasteiger partial charge in [0.15, 0.2) is 11.5 Å². The van der Waals surface area contributed by atoms with Crippen LogP contribution in [0, 0.1) is 0 Å². The molecular weight excluding hydrogens is 258 g/mol. The van der Waals surface area contributed by atoms with Crippen molar-refractivity contribution >= 4 is 5.97 Å². The highest BCUT2D eigenvalue weighted by Gasteiger charge is 2.31. The van der Waals surface area contributed by atoms with Crippen LogP contribution >= 0.6 is 0 Å². The Balaban J connectivity index is 2.61. The summed E-state index contributed by atoms with van der Waals surface area (Å²) in [5, 5.41) is 12.2. The Morgan fingerprint density at radius 1 is 1.25 bits per heavy atom. The summed E-state index contributed by atoms with van der Waals surface area (Å²) in [5.74, 6) is 0.440. The molecule has 20 heavy (non-hydrogen) atoms. The van der Waals surface area contributed by atoms with Crippen molar-refractivity contribution in [3.63, 3.8) is 0 Å². The molecule has 5 nitrogen and oxygen atoms in total. The fourth-order valence-electron chi connectivity index (χ4n) is 1.87. The summed E-state index contributed by atoms with van der Waals surface area (Å²) >= 11 is 0. The summed E-state index contributed by atoms with van der Waals surface area (Å²) in [7, 11) is 0. The maximum atomic E-state index is 11.3. The lowest BCUT2D eigenvalue weighted by atomic mass is 9.98. The largest absolute Gasteiger partial charge is 0.490 e. The van der Waals surface area contributed by atoms with Crippen molar-refractivity contribution in [1.29, 1.82) is 0 Å². The monoisotopic (exact) mass is 281 g/mol. The molecule has 112 valence electrons. The van der Waals surface area contributed by atoms with E-state index < -0.39 is 11.5 Å². The van der Waals surface area contributed by atoms with E-state index in [1.807, 2.05) is 38.1 Å². The summed E-state index contributed by atoms with van der Waals surface area (Å²) in [6, 6.07) is 7.38. The number of carboxylic acid groups (broad SMARTS) is 1. The molecule has 1 aromatic carbocycles. The van der Waals surface area contributed by atoms with E-state index in [0.29, 0.717) is 37.7 Å². The van der Waals surface area contributed by atoms with Gasteiger partial charge in [-0.15, -0.1) is 0 Å². The number of hydrogen-bond donors (Lipinski definition) is 2. The van der Waals surface area contributed by atoms with Gasteiger partial charge >= 0.3 is 5.97 Å². The minimum atomic E-state index is -0.977. The number of carbonyl (C=O) groups is 1. The standard InChI is InChI=1S/C15H23NO4/c1-4-16-15(3,14(17)18)10-11-20-13-9-7-6-8-12(13)19-5-2/h6-9,16H,4-5,10-11H2,1-3H3,(H,17,18). The Labute approximate surface area is 119 Å². The van der Waals surface area contributed by atoms with Crippen LogP contribution in [0.1, 0.15) is 27.2 Å². The van der Waals surface area contributed by atoms with E-state index in [2.05, 4.69) is 5.32 Å². The molecule has 0 fully saturated rings. The number of aliphatic carboxylic acids is 1. The molecule has 0 aromatic heterocycles. The molecule has 1 aromatic rings. The lowest BCUT2D eigenvalue weighted by Gasteiger charge is -2.25. The number of nitrogens with one attached hydrogen (secondary N) is 1. The van der Waals surface area contributed by atoms with E-state index in [1.165, 1.54) is 0 Å². The minimum absolute atomic E-state index is 0.305. The number of carboxylic acids is 1. The predicted molar refractivity (Wildman–Crippen MR) is 77.4 cm³/mol. The van der Waals surface area contributed by atoms with Crippen molar-refractivity contribution in [3.05, 3.63) is 24.3 Å². The molecule has 0 aliphatic heterocycles. The van der Waals surface area contributed by atoms with Crippen LogP contribution in [0.4, 0.5) is 0 Å². The third-order valence-corrected chi connectivity index (χ3v) is 3.05. The zero-order valence-corrected chi connectivity index (χ0v) is 12.3. The highest BCUT2D eigenvalue weighted by Crippen LogP contribution is 2.26. The maximum absolute atomic E-state index is 11.3. The molecule has 0 radical (unpaired) electrons. The van der Waals surface area contributed by atoms with Gasteiger partial charge in [-0.25, -0.2) is 0 Å². The number of likely N-dealkylation sites (N-methyl/N-ethyl adjacent to an activating group) is 1. The van der Waals surface area contributed by atoms with Gasteiger partial charge in [0.1, 0.15) is 5.54 Å². The fraction of sp³-hybridized carbons (Fsp3) is 0.533. The first kappa shape index (κ1) is 16.3. The number of rotatable bonds is 9. The summed E-state index contributed by atoms with van der Waals surface area (Å²) < 4.78 is 11.1. The quantitative estimate of drug-likeness (QED) is 0.727. The van der Waals surface area contributed by atoms with Gasteiger partial charge in [-0.05, 0) is 32.5 Å². The molecule has 1 unspecified atom stereocenters. The summed E-state index contributed by atoms with van der Waals surface area (Å²) in [6.07, 6.45) is 0.372. The first-order chi connectivity index (χ1) is 9.53. The van der Waals surface area contributed by atoms with Gasteiger partial charge in [0.25, 0.3) is 0 Å². The number of para-hydroxylation sites is 2. The van der Waals surface area contributed by atoms with Crippen molar-refractivity contribution in [2.75, 3.05) is 19.8 Å². The summed E-state index contributed by atoms with van der Waals surface area (Å²) in [4.78, 5) is 11.3. The second kappa shape index (κ2) is 7.75. The molecule has 5 heteroatoms. The number of benzene rings is 1. The van der Waals surface area contributed by atoms with Gasteiger partial charge in [0.05, 0.1) is 13.2 Å². The van der Waals surface area contributed by atoms with Crippen LogP contribution in [-0.4, -0.2) is 36.4 Å². The van der Waals surface area contributed by atoms with Crippen molar-refractivity contribution in [3.8, 4) is 11.5 Å². The summed E-state index contributed by atoms with van der Waals surface area (Å²) in [5.41, 5.74) is -0.977. The van der Waals surface area contributed by atoms with Crippen molar-refractivity contribution in [2.24, 2.45) is 0 Å². The van der Waals surface area contributed by atoms with Crippen molar-refractivity contribution in [2.45, 2.75) is 32.7 Å². The average Bonchev–Trinajstić information content (AvgIpc) is 2.41. The minimum Gasteiger partial charge on any atom is -0.490 e. The van der Waals surface area contributed by atoms with Gasteiger partial charge in [-0.2, -0.15) is 0 Å². The lowest BCUT2D eigenvalue weighted by molar-refractivity contribution is -0.144. The topological polar surface area (TPSA) is 67.8 Å². The Kier molecular flexibility index (Phi) is 6.31. The molecule has 0 saturated heterocycles. The second-order valence-electron chi connectivity index (χ2n) is 4.65. The van der Waals surface area contributed by atoms with Crippen LogP contribution < -0.4 is 14.8 Å². The Morgan fingerprint density at radius 2 is 1.85 bits per heavy atom. The van der Waals surface area contributed by atoms with Gasteiger partial charge in [-0.1, -0.05) is 19.1 Å². The van der Waals surface area contributed by atoms with E-state index in [9.17, 15) is 9.90 Å². The van der Waals surface area contributed by atoms with Crippen LogP contribution in [0.25, 0.3) is 0 Å². The second-order valence-corrected chi connectivity index (χ2v) is 4.65. The zero-order valence-electron chi connectivity index (χ0n) is 12.3. The number of ether oxygens (including phenoxy) is 2. The van der Waals surface area contributed by atoms with Gasteiger partial charge in [0, 0.05) is 6.42 Å². The molecule has 0 aliphatic carbocycles. The lowest BCUT2D eigenvalue weighted by Crippen LogP contribution is -2.50. The molecule has 0 amide bonds. The number of hydrogen-bond acceptors (Lipinski definition) is 4. The first-order valence-electron chi connectivity index (χ1n) is 6.86. The zero-order chi connectivity index (χ0) is 15.0. The molecule has 0 aliphatic rings. The third kappa shape index (κ3) is 4.42. The molecular formula is C15H23NO4. The summed E-state index contributed by atoms with van der Waals surface area (Å²) in [6.45, 7) is 6.91. The van der Waals surface area contributed by atoms with Crippen LogP contribution in [-0.2, 0) is 4.79 Å². The maximum Gasteiger partial charge on any atom is 0.323 e. The van der Waals surface area contributed by atoms with Crippen LogP contribution in [0.15, 0.2) is 24.3 Å². The smallest absolute Gasteiger partial charge is 0.323 e. The van der Waals surface area contributed by atoms with Gasteiger partial charge in [-0.3, -0.25) is 4.79 Å². The van der Waals surface area contributed by atoms with E-state index in [0.717, 1.165) is 0 Å². The fourth-order valence-corrected chi connectivity index (χ4v) is 1.87. The van der Waals surface area contributed by atoms with E-state index in [-0.39, 0.29) is 0 Å². The molecule has 0 saturated carbocycles. The van der Waals surface area contributed by atoms with E-state index in [4.69, 9.17) is 9.47 Å². The van der Waals surface area contributed by atoms with Crippen molar-refractivity contribution < 1.29 is 19.4 Å². The van der Waals surface area contributed by atoms with Crippen LogP contribution in [0.5, 0.6) is 11.5 Å². The van der Waals surface area contributed by atoms with Crippen LogP contribution in [0.2, 0.25) is 0 Å². The average molecular weight is 281 g/mol. The van der Waals surface area contributed by atoms with Crippen molar-refractivity contribution in [1.82, 2.24) is 5.32 Å². The van der Waals surface area contributed by atoms with E-state index in [1.54, 1.807) is 6.92 Å². The van der Waals surface area contributed by atoms with Gasteiger partial charge < -0.3 is 19.9 Å². The predicted octanol–water partition coefficient (Wildman–Crippen LogP) is 2.31. The normalized spacial score (nSPS) is 13.6. The SMILES string of the molecule is CCNC(C)(CCOc1ccccc1OCC)C(=O)O. The molecule has 1 rings (SSSR count). The third-order valence-electron chi connectivity index (χ3n) is 3.05.